The Labute approximate surface area is 161 Å². The number of aryl methyl sites for hydroxylation is 1. The highest BCUT2D eigenvalue weighted by molar-refractivity contribution is 5.72. The molecule has 1 unspecified atom stereocenters. The number of carbonyl (C=O) groups is 1. The van der Waals surface area contributed by atoms with E-state index in [2.05, 4.69) is 13.0 Å². The molecule has 1 aliphatic heterocycles. The number of carbonyl (C=O) groups excluding carboxylic acids is 1. The Bertz CT molecular complexity index is 656. The normalized spacial score (nSPS) is 24.2. The van der Waals surface area contributed by atoms with Crippen LogP contribution in [0.2, 0.25) is 0 Å². The van der Waals surface area contributed by atoms with E-state index in [0.717, 1.165) is 19.3 Å². The molecule has 0 bridgehead atoms. The standard InChI is InChI=1S/C22H32O5/c1-17(6-4-8-18-11-15-26-16-18)7-5-12-21(2,25)13-9-19(23)22(3)14-10-20(24)27-22/h5-6,11-12,15-16,19,23,25H,4,7-10,13-14H2,1-3H3/b12-5+,17-6+/t19-,21?,22+/m1/s1. The molecule has 1 saturated heterocycles. The van der Waals surface area contributed by atoms with Crippen LogP contribution in [0, 0.1) is 0 Å². The molecule has 0 saturated carbocycles. The summed E-state index contributed by atoms with van der Waals surface area (Å²) >= 11 is 0. The van der Waals surface area contributed by atoms with E-state index in [1.54, 1.807) is 32.4 Å². The van der Waals surface area contributed by atoms with Gasteiger partial charge in [0.05, 0.1) is 24.2 Å². The lowest BCUT2D eigenvalue weighted by molar-refractivity contribution is -0.156. The van der Waals surface area contributed by atoms with Crippen molar-refractivity contribution in [2.24, 2.45) is 0 Å². The van der Waals surface area contributed by atoms with E-state index in [1.165, 1.54) is 11.1 Å². The van der Waals surface area contributed by atoms with Gasteiger partial charge in [0.15, 0.2) is 0 Å². The van der Waals surface area contributed by atoms with Crippen molar-refractivity contribution in [2.75, 3.05) is 0 Å². The molecule has 0 aromatic carbocycles. The first-order chi connectivity index (χ1) is 12.7. The van der Waals surface area contributed by atoms with E-state index in [9.17, 15) is 15.0 Å². The van der Waals surface area contributed by atoms with Crippen LogP contribution in [0.5, 0.6) is 0 Å². The quantitative estimate of drug-likeness (QED) is 0.475. The Kier molecular flexibility index (Phi) is 7.45. The fraction of sp³-hybridized carbons (Fsp3) is 0.591. The fourth-order valence-corrected chi connectivity index (χ4v) is 3.27. The molecule has 0 radical (unpaired) electrons. The summed E-state index contributed by atoms with van der Waals surface area (Å²) in [6.45, 7) is 5.56. The second kappa shape index (κ2) is 9.38. The van der Waals surface area contributed by atoms with Crippen LogP contribution in [0.25, 0.3) is 0 Å². The molecule has 1 aromatic heterocycles. The first kappa shape index (κ1) is 21.5. The lowest BCUT2D eigenvalue weighted by atomic mass is 9.88. The van der Waals surface area contributed by atoms with Gasteiger partial charge in [-0.05, 0) is 70.9 Å². The number of hydrogen-bond donors (Lipinski definition) is 2. The molecule has 2 heterocycles. The fourth-order valence-electron chi connectivity index (χ4n) is 3.27. The number of cyclic esters (lactones) is 1. The molecule has 1 fully saturated rings. The molecule has 2 N–H and O–H groups in total. The van der Waals surface area contributed by atoms with E-state index in [4.69, 9.17) is 9.15 Å². The summed E-state index contributed by atoms with van der Waals surface area (Å²) in [5.41, 5.74) is 0.607. The van der Waals surface area contributed by atoms with Crippen molar-refractivity contribution < 1.29 is 24.2 Å². The zero-order valence-electron chi connectivity index (χ0n) is 16.6. The SMILES string of the molecule is C/C(=C\CCc1ccoc1)C/C=C/C(C)(O)CC[C@@H](O)[C@]1(C)CCC(=O)O1. The third-order valence-corrected chi connectivity index (χ3v) is 5.22. The van der Waals surface area contributed by atoms with Gasteiger partial charge < -0.3 is 19.4 Å². The second-order valence-electron chi connectivity index (χ2n) is 8.03. The zero-order chi connectivity index (χ0) is 19.9. The molecule has 0 spiro atoms. The molecule has 150 valence electrons. The third kappa shape index (κ3) is 7.00. The monoisotopic (exact) mass is 376 g/mol. The van der Waals surface area contributed by atoms with Gasteiger partial charge >= 0.3 is 5.97 Å². The van der Waals surface area contributed by atoms with Crippen LogP contribution in [0.4, 0.5) is 0 Å². The van der Waals surface area contributed by atoms with Gasteiger partial charge in [0.1, 0.15) is 5.60 Å². The summed E-state index contributed by atoms with van der Waals surface area (Å²) in [6, 6.07) is 1.97. The van der Waals surface area contributed by atoms with Crippen molar-refractivity contribution in [1.82, 2.24) is 0 Å². The van der Waals surface area contributed by atoms with Crippen LogP contribution < -0.4 is 0 Å². The molecule has 1 aromatic rings. The summed E-state index contributed by atoms with van der Waals surface area (Å²) in [7, 11) is 0. The topological polar surface area (TPSA) is 79.9 Å². The maximum Gasteiger partial charge on any atom is 0.306 e. The van der Waals surface area contributed by atoms with Crippen LogP contribution in [0.15, 0.2) is 46.8 Å². The molecule has 3 atom stereocenters. The van der Waals surface area contributed by atoms with Crippen molar-refractivity contribution in [3.05, 3.63) is 48.0 Å². The maximum absolute atomic E-state index is 11.3. The van der Waals surface area contributed by atoms with Gasteiger partial charge in [-0.3, -0.25) is 4.79 Å². The Morgan fingerprint density at radius 2 is 2.26 bits per heavy atom. The molecular formula is C22H32O5. The molecule has 1 aliphatic rings. The predicted octanol–water partition coefficient (Wildman–Crippen LogP) is 4.09. The van der Waals surface area contributed by atoms with Gasteiger partial charge in [0.25, 0.3) is 0 Å². The number of hydrogen-bond acceptors (Lipinski definition) is 5. The second-order valence-corrected chi connectivity index (χ2v) is 8.03. The number of esters is 1. The predicted molar refractivity (Wildman–Crippen MR) is 104 cm³/mol. The third-order valence-electron chi connectivity index (χ3n) is 5.22. The molecule has 5 nitrogen and oxygen atoms in total. The van der Waals surface area contributed by atoms with Crippen LogP contribution in [0.1, 0.15) is 64.9 Å². The molecule has 5 heteroatoms. The smallest absolute Gasteiger partial charge is 0.306 e. The summed E-state index contributed by atoms with van der Waals surface area (Å²) in [6.07, 6.45) is 13.0. The van der Waals surface area contributed by atoms with Crippen LogP contribution in [-0.2, 0) is 16.0 Å². The summed E-state index contributed by atoms with van der Waals surface area (Å²) in [4.78, 5) is 11.3. The number of rotatable bonds is 10. The van der Waals surface area contributed by atoms with Crippen molar-refractivity contribution in [3.8, 4) is 0 Å². The van der Waals surface area contributed by atoms with Crippen molar-refractivity contribution in [1.29, 1.82) is 0 Å². The summed E-state index contributed by atoms with van der Waals surface area (Å²) in [5.74, 6) is -0.266. The van der Waals surface area contributed by atoms with Crippen LogP contribution in [-0.4, -0.2) is 33.5 Å². The highest BCUT2D eigenvalue weighted by Crippen LogP contribution is 2.32. The van der Waals surface area contributed by atoms with Crippen LogP contribution in [0.3, 0.4) is 0 Å². The Balaban J connectivity index is 1.73. The zero-order valence-corrected chi connectivity index (χ0v) is 16.6. The largest absolute Gasteiger partial charge is 0.472 e. The van der Waals surface area contributed by atoms with Gasteiger partial charge in [0.2, 0.25) is 0 Å². The van der Waals surface area contributed by atoms with E-state index in [1.807, 2.05) is 12.1 Å². The van der Waals surface area contributed by atoms with Gasteiger partial charge in [-0.2, -0.15) is 0 Å². The number of aliphatic hydroxyl groups is 2. The van der Waals surface area contributed by atoms with Gasteiger partial charge in [-0.15, -0.1) is 0 Å². The van der Waals surface area contributed by atoms with Gasteiger partial charge in [-0.25, -0.2) is 0 Å². The lowest BCUT2D eigenvalue weighted by Gasteiger charge is -2.30. The summed E-state index contributed by atoms with van der Waals surface area (Å²) in [5, 5.41) is 20.9. The Hall–Kier alpha value is -1.85. The minimum Gasteiger partial charge on any atom is -0.472 e. The molecule has 0 aliphatic carbocycles. The average molecular weight is 376 g/mol. The van der Waals surface area contributed by atoms with E-state index < -0.39 is 17.3 Å². The number of furan rings is 1. The minimum absolute atomic E-state index is 0.266. The Morgan fingerprint density at radius 3 is 2.89 bits per heavy atom. The molecule has 2 rings (SSSR count). The highest BCUT2D eigenvalue weighted by Gasteiger charge is 2.42. The van der Waals surface area contributed by atoms with E-state index >= 15 is 0 Å². The first-order valence-electron chi connectivity index (χ1n) is 9.67. The van der Waals surface area contributed by atoms with Crippen molar-refractivity contribution in [3.63, 3.8) is 0 Å². The van der Waals surface area contributed by atoms with Crippen molar-refractivity contribution in [2.45, 2.75) is 83.0 Å². The van der Waals surface area contributed by atoms with E-state index in [-0.39, 0.29) is 5.97 Å². The van der Waals surface area contributed by atoms with Crippen LogP contribution >= 0.6 is 0 Å². The van der Waals surface area contributed by atoms with Gasteiger partial charge in [-0.1, -0.05) is 23.8 Å². The minimum atomic E-state index is -1.00. The van der Waals surface area contributed by atoms with E-state index in [0.29, 0.717) is 25.7 Å². The molecule has 27 heavy (non-hydrogen) atoms. The van der Waals surface area contributed by atoms with Crippen molar-refractivity contribution >= 4 is 5.97 Å². The number of allylic oxidation sites excluding steroid dienone is 3. The number of aliphatic hydroxyl groups excluding tert-OH is 1. The lowest BCUT2D eigenvalue weighted by Crippen LogP contribution is -2.40. The average Bonchev–Trinajstić information content (AvgIpc) is 3.23. The maximum atomic E-state index is 11.3. The molecular weight excluding hydrogens is 344 g/mol. The molecule has 0 amide bonds. The van der Waals surface area contributed by atoms with Gasteiger partial charge in [0, 0.05) is 6.42 Å². The first-order valence-corrected chi connectivity index (χ1v) is 9.67. The Morgan fingerprint density at radius 1 is 1.48 bits per heavy atom. The number of ether oxygens (including phenoxy) is 1. The highest BCUT2D eigenvalue weighted by atomic mass is 16.6. The summed E-state index contributed by atoms with van der Waals surface area (Å²) < 4.78 is 10.3.